The molecule has 6 N–H and O–H groups in total. The molecular formula is C35H45N3O6S. The predicted octanol–water partition coefficient (Wildman–Crippen LogP) is 5.63. The molecule has 0 aromatic heterocycles. The molecule has 1 aliphatic rings. The van der Waals surface area contributed by atoms with Crippen LogP contribution >= 0.6 is 11.8 Å². The highest BCUT2D eigenvalue weighted by atomic mass is 32.2. The number of aliphatic hydroxyl groups is 2. The molecule has 1 heterocycles. The van der Waals surface area contributed by atoms with Gasteiger partial charge in [-0.05, 0) is 41.7 Å². The molecule has 2 amide bonds. The van der Waals surface area contributed by atoms with Gasteiger partial charge in [0.15, 0.2) is 6.29 Å². The van der Waals surface area contributed by atoms with Crippen molar-refractivity contribution in [3.05, 3.63) is 95.1 Å². The van der Waals surface area contributed by atoms with Crippen molar-refractivity contribution in [1.29, 1.82) is 0 Å². The molecule has 1 fully saturated rings. The van der Waals surface area contributed by atoms with Crippen molar-refractivity contribution in [1.82, 2.24) is 5.32 Å². The van der Waals surface area contributed by atoms with Crippen LogP contribution in [-0.4, -0.2) is 46.2 Å². The number of benzene rings is 3. The summed E-state index contributed by atoms with van der Waals surface area (Å²) in [6.45, 7) is 0.570. The summed E-state index contributed by atoms with van der Waals surface area (Å²) >= 11 is 1.66. The normalized spacial score (nSPS) is 18.0. The Hall–Kier alpha value is -3.41. The number of hydrogen-bond donors (Lipinski definition) is 5. The fourth-order valence-corrected chi connectivity index (χ4v) is 5.91. The summed E-state index contributed by atoms with van der Waals surface area (Å²) in [5.74, 6) is 1.37. The molecule has 3 atom stereocenters. The Morgan fingerprint density at radius 1 is 0.822 bits per heavy atom. The Kier molecular flexibility index (Phi) is 14.2. The monoisotopic (exact) mass is 635 g/mol. The molecular weight excluding hydrogens is 590 g/mol. The zero-order valence-electron chi connectivity index (χ0n) is 25.7. The van der Waals surface area contributed by atoms with Crippen LogP contribution in [-0.2, 0) is 32.2 Å². The minimum Gasteiger partial charge on any atom is -0.397 e. The molecule has 1 aliphatic heterocycles. The quantitative estimate of drug-likeness (QED) is 0.0949. The Balaban J connectivity index is 1.17. The van der Waals surface area contributed by atoms with Crippen LogP contribution in [0.15, 0.2) is 72.8 Å². The van der Waals surface area contributed by atoms with E-state index in [0.29, 0.717) is 42.9 Å². The fourth-order valence-electron chi connectivity index (χ4n) is 5.13. The highest BCUT2D eigenvalue weighted by Gasteiger charge is 2.32. The molecule has 4 rings (SSSR count). The van der Waals surface area contributed by atoms with E-state index < -0.39 is 6.29 Å². The highest BCUT2D eigenvalue weighted by Crippen LogP contribution is 2.38. The van der Waals surface area contributed by atoms with Crippen LogP contribution in [0.5, 0.6) is 0 Å². The minimum absolute atomic E-state index is 0.00123. The van der Waals surface area contributed by atoms with Crippen molar-refractivity contribution in [2.24, 2.45) is 0 Å². The number of carbonyl (C=O) groups excluding carboxylic acids is 2. The number of para-hydroxylation sites is 2. The number of nitrogen functional groups attached to an aromatic ring is 1. The molecule has 45 heavy (non-hydrogen) atoms. The van der Waals surface area contributed by atoms with Gasteiger partial charge in [-0.25, -0.2) is 0 Å². The summed E-state index contributed by atoms with van der Waals surface area (Å²) in [5.41, 5.74) is 10.8. The van der Waals surface area contributed by atoms with Crippen LogP contribution < -0.4 is 16.4 Å². The van der Waals surface area contributed by atoms with Crippen LogP contribution in [0.25, 0.3) is 0 Å². The van der Waals surface area contributed by atoms with Gasteiger partial charge in [-0.1, -0.05) is 73.5 Å². The van der Waals surface area contributed by atoms with Gasteiger partial charge in [0.05, 0.1) is 36.8 Å². The molecule has 0 spiro atoms. The number of aliphatic hydroxyl groups excluding tert-OH is 2. The predicted molar refractivity (Wildman–Crippen MR) is 178 cm³/mol. The number of ether oxygens (including phenoxy) is 2. The lowest BCUT2D eigenvalue weighted by Gasteiger charge is -2.36. The van der Waals surface area contributed by atoms with E-state index in [1.807, 2.05) is 60.7 Å². The van der Waals surface area contributed by atoms with Gasteiger partial charge in [0.1, 0.15) is 0 Å². The van der Waals surface area contributed by atoms with Gasteiger partial charge in [0.25, 0.3) is 0 Å². The van der Waals surface area contributed by atoms with E-state index in [9.17, 15) is 19.8 Å². The number of nitrogens with two attached hydrogens (primary N) is 1. The first-order valence-electron chi connectivity index (χ1n) is 15.6. The summed E-state index contributed by atoms with van der Waals surface area (Å²) in [4.78, 5) is 24.5. The molecule has 0 aliphatic carbocycles. The van der Waals surface area contributed by atoms with Crippen molar-refractivity contribution in [2.45, 2.75) is 76.6 Å². The molecule has 3 aromatic rings. The van der Waals surface area contributed by atoms with Crippen molar-refractivity contribution in [2.75, 3.05) is 29.2 Å². The Labute approximate surface area is 269 Å². The second kappa shape index (κ2) is 18.5. The highest BCUT2D eigenvalue weighted by molar-refractivity contribution is 7.99. The first kappa shape index (κ1) is 34.5. The maximum atomic E-state index is 12.4. The average molecular weight is 636 g/mol. The first-order chi connectivity index (χ1) is 21.9. The number of anilines is 2. The van der Waals surface area contributed by atoms with E-state index in [1.165, 1.54) is 0 Å². The number of nitrogens with one attached hydrogen (secondary N) is 2. The van der Waals surface area contributed by atoms with E-state index in [1.54, 1.807) is 23.9 Å². The van der Waals surface area contributed by atoms with Crippen LogP contribution in [0.1, 0.15) is 79.6 Å². The lowest BCUT2D eigenvalue weighted by molar-refractivity contribution is -0.245. The summed E-state index contributed by atoms with van der Waals surface area (Å²) < 4.78 is 12.7. The molecule has 242 valence electrons. The molecule has 3 aromatic carbocycles. The number of thioether (sulfide) groups is 1. The van der Waals surface area contributed by atoms with Gasteiger partial charge in [0.2, 0.25) is 11.8 Å². The number of rotatable bonds is 17. The van der Waals surface area contributed by atoms with Crippen LogP contribution in [0.2, 0.25) is 0 Å². The van der Waals surface area contributed by atoms with E-state index in [2.05, 4.69) is 10.6 Å². The van der Waals surface area contributed by atoms with Gasteiger partial charge in [-0.15, -0.1) is 0 Å². The standard InChI is InChI=1S/C35H45N3O6S/c36-30-7-5-6-8-31(30)38-34(42)10-4-2-1-3-9-33(41)37-22-25-11-17-28(18-12-25)35-43-29(24-45-20-19-39)21-32(44-35)27-15-13-26(23-40)14-16-27/h5-8,11-18,29,32,35,39-40H,1-4,9-10,19-24,36H2,(H,37,41)(H,38,42). The SMILES string of the molecule is Nc1ccccc1NC(=O)CCCCCCC(=O)NCc1ccc(C2OC(CSCCO)CC(c3ccc(CO)cc3)O2)cc1. The fraction of sp³-hybridized carbons (Fsp3) is 0.429. The van der Waals surface area contributed by atoms with Crippen LogP contribution in [0, 0.1) is 0 Å². The average Bonchev–Trinajstić information content (AvgIpc) is 3.06. The molecule has 0 radical (unpaired) electrons. The summed E-state index contributed by atoms with van der Waals surface area (Å²) in [6, 6.07) is 22.9. The molecule has 10 heteroatoms. The van der Waals surface area contributed by atoms with E-state index >= 15 is 0 Å². The molecule has 0 saturated carbocycles. The van der Waals surface area contributed by atoms with Crippen molar-refractivity contribution in [3.63, 3.8) is 0 Å². The van der Waals surface area contributed by atoms with E-state index in [-0.39, 0.29) is 37.2 Å². The number of carbonyl (C=O) groups is 2. The smallest absolute Gasteiger partial charge is 0.224 e. The topological polar surface area (TPSA) is 143 Å². The van der Waals surface area contributed by atoms with Crippen LogP contribution in [0.4, 0.5) is 11.4 Å². The summed E-state index contributed by atoms with van der Waals surface area (Å²) in [7, 11) is 0. The van der Waals surface area contributed by atoms with Gasteiger partial charge < -0.3 is 36.1 Å². The van der Waals surface area contributed by atoms with Gasteiger partial charge >= 0.3 is 0 Å². The first-order valence-corrected chi connectivity index (χ1v) is 16.8. The Morgan fingerprint density at radius 3 is 2.18 bits per heavy atom. The van der Waals surface area contributed by atoms with E-state index in [0.717, 1.165) is 53.7 Å². The molecule has 0 bridgehead atoms. The number of amides is 2. The van der Waals surface area contributed by atoms with E-state index in [4.69, 9.17) is 15.2 Å². The zero-order chi connectivity index (χ0) is 31.9. The third-order valence-electron chi connectivity index (χ3n) is 7.69. The summed E-state index contributed by atoms with van der Waals surface area (Å²) in [6.07, 6.45) is 4.16. The maximum Gasteiger partial charge on any atom is 0.224 e. The molecule has 1 saturated heterocycles. The van der Waals surface area contributed by atoms with Crippen molar-refractivity contribution in [3.8, 4) is 0 Å². The van der Waals surface area contributed by atoms with Gasteiger partial charge in [-0.2, -0.15) is 11.8 Å². The Morgan fingerprint density at radius 2 is 1.49 bits per heavy atom. The Bertz CT molecular complexity index is 1340. The van der Waals surface area contributed by atoms with Gasteiger partial charge in [0, 0.05) is 42.9 Å². The van der Waals surface area contributed by atoms with Gasteiger partial charge in [-0.3, -0.25) is 9.59 Å². The van der Waals surface area contributed by atoms with Crippen molar-refractivity contribution < 1.29 is 29.3 Å². The third-order valence-corrected chi connectivity index (χ3v) is 8.77. The lowest BCUT2D eigenvalue weighted by Crippen LogP contribution is -2.31. The number of unbranched alkanes of at least 4 members (excludes halogenated alkanes) is 3. The maximum absolute atomic E-state index is 12.4. The summed E-state index contributed by atoms with van der Waals surface area (Å²) in [5, 5.41) is 24.4. The number of hydrogen-bond acceptors (Lipinski definition) is 8. The lowest BCUT2D eigenvalue weighted by atomic mass is 10.0. The zero-order valence-corrected chi connectivity index (χ0v) is 26.5. The molecule has 9 nitrogen and oxygen atoms in total. The largest absolute Gasteiger partial charge is 0.397 e. The van der Waals surface area contributed by atoms with Crippen LogP contribution in [0.3, 0.4) is 0 Å². The molecule has 3 unspecified atom stereocenters. The second-order valence-electron chi connectivity index (χ2n) is 11.2. The third kappa shape index (κ3) is 11.5. The van der Waals surface area contributed by atoms with Crippen molar-refractivity contribution >= 4 is 35.0 Å². The second-order valence-corrected chi connectivity index (χ2v) is 12.4. The minimum atomic E-state index is -0.535.